The van der Waals surface area contributed by atoms with Gasteiger partial charge < -0.3 is 10.8 Å². The fourth-order valence-corrected chi connectivity index (χ4v) is 2.86. The minimum atomic E-state index is -2.70. The van der Waals surface area contributed by atoms with Crippen LogP contribution in [0.3, 0.4) is 0 Å². The van der Waals surface area contributed by atoms with E-state index in [1.54, 1.807) is 6.92 Å². The largest absolute Gasteiger partial charge is 0.480 e. The van der Waals surface area contributed by atoms with Crippen molar-refractivity contribution >= 4 is 15.7 Å². The van der Waals surface area contributed by atoms with E-state index in [2.05, 4.69) is 0 Å². The molecule has 0 fully saturated rings. The molecule has 0 rings (SSSR count). The number of aliphatic carboxylic acids is 1. The number of carbonyl (C=O) groups is 1. The van der Waals surface area contributed by atoms with Crippen molar-refractivity contribution in [3.05, 3.63) is 0 Å². The van der Waals surface area contributed by atoms with E-state index < -0.39 is 21.7 Å². The van der Waals surface area contributed by atoms with Crippen molar-refractivity contribution in [2.75, 3.05) is 5.75 Å². The van der Waals surface area contributed by atoms with Crippen LogP contribution in [0.5, 0.6) is 0 Å². The Bertz CT molecular complexity index is 314. The van der Waals surface area contributed by atoms with Gasteiger partial charge in [-0.05, 0) is 19.8 Å². The van der Waals surface area contributed by atoms with E-state index >= 15 is 0 Å². The van der Waals surface area contributed by atoms with Gasteiger partial charge in [0.25, 0.3) is 0 Å². The van der Waals surface area contributed by atoms with E-state index in [4.69, 9.17) is 15.6 Å². The van der Waals surface area contributed by atoms with Crippen LogP contribution < -0.4 is 5.73 Å². The summed E-state index contributed by atoms with van der Waals surface area (Å²) in [6.07, 6.45) is 2.81. The third-order valence-corrected chi connectivity index (χ3v) is 5.04. The Balaban J connectivity index is 4.19. The summed E-state index contributed by atoms with van der Waals surface area (Å²) in [5, 5.41) is 8.39. The van der Waals surface area contributed by atoms with Gasteiger partial charge in [0, 0.05) is 20.7 Å². The van der Waals surface area contributed by atoms with Crippen molar-refractivity contribution in [3.8, 4) is 0 Å². The topological polar surface area (TPSA) is 104 Å². The molecule has 0 aliphatic carbocycles. The Morgan fingerprint density at radius 1 is 1.50 bits per heavy atom. The zero-order chi connectivity index (χ0) is 12.8. The summed E-state index contributed by atoms with van der Waals surface area (Å²) in [5.41, 5.74) is 5.32. The molecule has 0 heterocycles. The number of unbranched alkanes of at least 4 members (excludes halogenated alkanes) is 1. The van der Waals surface area contributed by atoms with Crippen LogP contribution in [0.1, 0.15) is 39.5 Å². The molecule has 4 N–H and O–H groups in total. The van der Waals surface area contributed by atoms with E-state index in [0.29, 0.717) is 0 Å². The summed E-state index contributed by atoms with van der Waals surface area (Å²) in [6.45, 7) is 3.83. The average Bonchev–Trinajstić information content (AvgIpc) is 2.22. The highest BCUT2D eigenvalue weighted by Crippen LogP contribution is 2.13. The van der Waals surface area contributed by atoms with Gasteiger partial charge in [-0.25, -0.2) is 4.21 Å². The van der Waals surface area contributed by atoms with Crippen LogP contribution in [0.2, 0.25) is 0 Å². The van der Waals surface area contributed by atoms with Crippen molar-refractivity contribution < 1.29 is 14.1 Å². The zero-order valence-electron chi connectivity index (χ0n) is 9.94. The van der Waals surface area contributed by atoms with Crippen molar-refractivity contribution in [2.45, 2.75) is 50.8 Å². The van der Waals surface area contributed by atoms with Crippen molar-refractivity contribution in [2.24, 2.45) is 5.73 Å². The van der Waals surface area contributed by atoms with Crippen LogP contribution in [0.25, 0.3) is 0 Å². The van der Waals surface area contributed by atoms with Crippen molar-refractivity contribution in [3.63, 3.8) is 0 Å². The molecule has 5 nitrogen and oxygen atoms in total. The molecule has 0 amide bonds. The molecule has 0 aliphatic rings. The fourth-order valence-electron chi connectivity index (χ4n) is 1.31. The number of rotatable bonds is 8. The summed E-state index contributed by atoms with van der Waals surface area (Å²) in [5.74, 6) is -1.03. The lowest BCUT2D eigenvalue weighted by Gasteiger charge is -2.16. The minimum absolute atomic E-state index is 0.0747. The van der Waals surface area contributed by atoms with Gasteiger partial charge in [0.15, 0.2) is 0 Å². The summed E-state index contributed by atoms with van der Waals surface area (Å²) in [4.78, 5) is 10.5. The predicted molar refractivity (Wildman–Crippen MR) is 64.9 cm³/mol. The summed E-state index contributed by atoms with van der Waals surface area (Å²) in [7, 11) is -2.70. The van der Waals surface area contributed by atoms with Crippen LogP contribution in [0.4, 0.5) is 0 Å². The van der Waals surface area contributed by atoms with Crippen LogP contribution in [0.15, 0.2) is 0 Å². The minimum Gasteiger partial charge on any atom is -0.480 e. The molecule has 0 saturated heterocycles. The first kappa shape index (κ1) is 15.4. The lowest BCUT2D eigenvalue weighted by atomic mass is 10.2. The molecular formula is C10H22N2O3S. The molecular weight excluding hydrogens is 228 g/mol. The lowest BCUT2D eigenvalue weighted by molar-refractivity contribution is -0.138. The van der Waals surface area contributed by atoms with E-state index in [9.17, 15) is 9.00 Å². The quantitative estimate of drug-likeness (QED) is 0.605. The third-order valence-electron chi connectivity index (χ3n) is 2.66. The molecule has 0 aliphatic heterocycles. The number of nitrogens with one attached hydrogen (secondary N) is 1. The van der Waals surface area contributed by atoms with Gasteiger partial charge in [-0.3, -0.25) is 9.57 Å². The van der Waals surface area contributed by atoms with Crippen LogP contribution in [-0.4, -0.2) is 32.3 Å². The normalized spacial score (nSPS) is 18.7. The highest BCUT2D eigenvalue weighted by atomic mass is 32.2. The molecule has 3 atom stereocenters. The Hall–Kier alpha value is -0.620. The molecule has 96 valence electrons. The van der Waals surface area contributed by atoms with Gasteiger partial charge in [-0.1, -0.05) is 19.8 Å². The van der Waals surface area contributed by atoms with Gasteiger partial charge in [0.2, 0.25) is 0 Å². The maximum atomic E-state index is 11.9. The highest BCUT2D eigenvalue weighted by molar-refractivity contribution is 7.93. The molecule has 0 saturated carbocycles. The van der Waals surface area contributed by atoms with Gasteiger partial charge in [0.05, 0.1) is 0 Å². The molecule has 0 radical (unpaired) electrons. The predicted octanol–water partition coefficient (Wildman–Crippen LogP) is 1.41. The zero-order valence-corrected chi connectivity index (χ0v) is 10.8. The van der Waals surface area contributed by atoms with E-state index in [1.807, 2.05) is 6.92 Å². The second-order valence-electron chi connectivity index (χ2n) is 4.12. The lowest BCUT2D eigenvalue weighted by Crippen LogP contribution is -2.33. The summed E-state index contributed by atoms with van der Waals surface area (Å²) < 4.78 is 19.7. The van der Waals surface area contributed by atoms with Crippen molar-refractivity contribution in [1.29, 1.82) is 4.78 Å². The second-order valence-corrected chi connectivity index (χ2v) is 6.78. The Labute approximate surface area is 97.4 Å². The molecule has 0 aromatic heterocycles. The Morgan fingerprint density at radius 2 is 2.06 bits per heavy atom. The first-order valence-electron chi connectivity index (χ1n) is 5.55. The van der Waals surface area contributed by atoms with Crippen molar-refractivity contribution in [1.82, 2.24) is 0 Å². The maximum absolute atomic E-state index is 11.9. The van der Waals surface area contributed by atoms with Gasteiger partial charge >= 0.3 is 5.97 Å². The van der Waals surface area contributed by atoms with E-state index in [0.717, 1.165) is 19.3 Å². The monoisotopic (exact) mass is 250 g/mol. The fraction of sp³-hybridized carbons (Fsp3) is 0.900. The summed E-state index contributed by atoms with van der Waals surface area (Å²) in [6, 6.07) is -1.01. The highest BCUT2D eigenvalue weighted by Gasteiger charge is 2.19. The van der Waals surface area contributed by atoms with Gasteiger partial charge in [-0.15, -0.1) is 0 Å². The second kappa shape index (κ2) is 6.85. The van der Waals surface area contributed by atoms with Gasteiger partial charge in [0.1, 0.15) is 6.04 Å². The number of nitrogens with two attached hydrogens (primary N) is 1. The molecule has 0 aromatic rings. The third kappa shape index (κ3) is 5.46. The molecule has 0 aromatic carbocycles. The van der Waals surface area contributed by atoms with Crippen LogP contribution >= 0.6 is 0 Å². The van der Waals surface area contributed by atoms with E-state index in [-0.39, 0.29) is 17.4 Å². The smallest absolute Gasteiger partial charge is 0.320 e. The standard InChI is InChI=1S/C10H22N2O3S/c1-3-4-5-8(2)16(12,15)7-6-9(11)10(13)14/h8-9,12H,3-7,11H2,1-2H3,(H,13,14)/t8?,9-,16?/m1/s1. The van der Waals surface area contributed by atoms with Crippen LogP contribution in [0, 0.1) is 4.78 Å². The Kier molecular flexibility index (Phi) is 6.59. The first-order chi connectivity index (χ1) is 7.31. The number of carboxylic acid groups (broad SMARTS) is 1. The van der Waals surface area contributed by atoms with Gasteiger partial charge in [-0.2, -0.15) is 0 Å². The first-order valence-corrected chi connectivity index (χ1v) is 7.34. The van der Waals surface area contributed by atoms with Crippen LogP contribution in [-0.2, 0) is 14.5 Å². The summed E-state index contributed by atoms with van der Waals surface area (Å²) >= 11 is 0. The number of hydrogen-bond donors (Lipinski definition) is 3. The SMILES string of the molecule is CCCCC(C)S(=N)(=O)CC[C@@H](N)C(=O)O. The molecule has 16 heavy (non-hydrogen) atoms. The molecule has 2 unspecified atom stereocenters. The molecule has 6 heteroatoms. The molecule has 0 bridgehead atoms. The van der Waals surface area contributed by atoms with E-state index in [1.165, 1.54) is 0 Å². The molecule has 0 spiro atoms. The average molecular weight is 250 g/mol. The Morgan fingerprint density at radius 3 is 2.50 bits per heavy atom. The number of hydrogen-bond acceptors (Lipinski definition) is 4. The maximum Gasteiger partial charge on any atom is 0.320 e. The number of carboxylic acids is 1.